The molecule has 1 aromatic carbocycles. The molecule has 1 aromatic rings. The molecular formula is C15H25N3O2. The van der Waals surface area contributed by atoms with Crippen LogP contribution in [-0.4, -0.2) is 37.3 Å². The maximum atomic E-state index is 10.1. The molecule has 3 N–H and O–H groups in total. The maximum absolute atomic E-state index is 10.1. The van der Waals surface area contributed by atoms with E-state index < -0.39 is 6.10 Å². The highest BCUT2D eigenvalue weighted by molar-refractivity contribution is 5.79. The van der Waals surface area contributed by atoms with Crippen molar-refractivity contribution in [3.63, 3.8) is 0 Å². The second-order valence-electron chi connectivity index (χ2n) is 4.73. The largest absolute Gasteiger partial charge is 0.491 e. The topological polar surface area (TPSA) is 65.9 Å². The van der Waals surface area contributed by atoms with Gasteiger partial charge >= 0.3 is 0 Å². The van der Waals surface area contributed by atoms with Gasteiger partial charge in [0.05, 0.1) is 12.2 Å². The van der Waals surface area contributed by atoms with Crippen molar-refractivity contribution < 1.29 is 9.84 Å². The molecule has 0 fully saturated rings. The van der Waals surface area contributed by atoms with E-state index >= 15 is 0 Å². The molecule has 0 saturated heterocycles. The second kappa shape index (κ2) is 8.43. The standard InChI is InChI=1S/C15H25N3O2/c1-5-17-15(16-4)18-10-14(19)12-6-8-13(9-7-12)20-11(2)3/h6-9,11,14,19H,5,10H2,1-4H3,(H2,16,17,18). The molecular weight excluding hydrogens is 254 g/mol. The van der Waals surface area contributed by atoms with E-state index in [9.17, 15) is 5.11 Å². The highest BCUT2D eigenvalue weighted by Crippen LogP contribution is 2.18. The van der Waals surface area contributed by atoms with Crippen molar-refractivity contribution in [2.75, 3.05) is 20.1 Å². The SMILES string of the molecule is CCNC(=NC)NCC(O)c1ccc(OC(C)C)cc1. The molecule has 20 heavy (non-hydrogen) atoms. The lowest BCUT2D eigenvalue weighted by Gasteiger charge is -2.16. The Morgan fingerprint density at radius 2 is 1.90 bits per heavy atom. The van der Waals surface area contributed by atoms with Crippen LogP contribution in [-0.2, 0) is 0 Å². The van der Waals surface area contributed by atoms with Crippen molar-refractivity contribution in [2.45, 2.75) is 33.0 Å². The van der Waals surface area contributed by atoms with E-state index in [1.165, 1.54) is 0 Å². The second-order valence-corrected chi connectivity index (χ2v) is 4.73. The van der Waals surface area contributed by atoms with Gasteiger partial charge in [0.25, 0.3) is 0 Å². The number of benzene rings is 1. The number of nitrogens with one attached hydrogen (secondary N) is 2. The van der Waals surface area contributed by atoms with Crippen LogP contribution in [0.4, 0.5) is 0 Å². The first kappa shape index (κ1) is 16.3. The number of aliphatic imine (C=N–C) groups is 1. The summed E-state index contributed by atoms with van der Waals surface area (Å²) in [6.45, 7) is 7.16. The highest BCUT2D eigenvalue weighted by Gasteiger charge is 2.08. The predicted octanol–water partition coefficient (Wildman–Crippen LogP) is 1.69. The highest BCUT2D eigenvalue weighted by atomic mass is 16.5. The van der Waals surface area contributed by atoms with Gasteiger partial charge in [0.15, 0.2) is 5.96 Å². The van der Waals surface area contributed by atoms with Gasteiger partial charge in [0.2, 0.25) is 0 Å². The Bertz CT molecular complexity index is 416. The van der Waals surface area contributed by atoms with Crippen LogP contribution < -0.4 is 15.4 Å². The Morgan fingerprint density at radius 3 is 2.40 bits per heavy atom. The lowest BCUT2D eigenvalue weighted by molar-refractivity contribution is 0.180. The molecule has 0 heterocycles. The van der Waals surface area contributed by atoms with Crippen LogP contribution in [0.3, 0.4) is 0 Å². The first-order valence-corrected chi connectivity index (χ1v) is 6.96. The van der Waals surface area contributed by atoms with Crippen LogP contribution in [0.25, 0.3) is 0 Å². The number of aliphatic hydroxyl groups is 1. The summed E-state index contributed by atoms with van der Waals surface area (Å²) in [5.41, 5.74) is 0.848. The van der Waals surface area contributed by atoms with Crippen molar-refractivity contribution in [1.82, 2.24) is 10.6 Å². The van der Waals surface area contributed by atoms with Gasteiger partial charge in [-0.25, -0.2) is 0 Å². The quantitative estimate of drug-likeness (QED) is 0.548. The Labute approximate surface area is 121 Å². The molecule has 5 nitrogen and oxygen atoms in total. The van der Waals surface area contributed by atoms with Crippen molar-refractivity contribution in [3.05, 3.63) is 29.8 Å². The van der Waals surface area contributed by atoms with Gasteiger partial charge in [0.1, 0.15) is 5.75 Å². The van der Waals surface area contributed by atoms with Crippen LogP contribution in [0.1, 0.15) is 32.4 Å². The summed E-state index contributed by atoms with van der Waals surface area (Å²) >= 11 is 0. The molecule has 1 unspecified atom stereocenters. The summed E-state index contributed by atoms with van der Waals surface area (Å²) in [6, 6.07) is 7.50. The first-order valence-electron chi connectivity index (χ1n) is 6.96. The van der Waals surface area contributed by atoms with E-state index in [1.54, 1.807) is 7.05 Å². The molecule has 1 atom stereocenters. The normalized spacial score (nSPS) is 13.2. The summed E-state index contributed by atoms with van der Waals surface area (Å²) < 4.78 is 5.57. The molecule has 0 aliphatic heterocycles. The van der Waals surface area contributed by atoms with Crippen molar-refractivity contribution in [1.29, 1.82) is 0 Å². The van der Waals surface area contributed by atoms with E-state index in [0.717, 1.165) is 17.9 Å². The number of hydrogen-bond acceptors (Lipinski definition) is 3. The Hall–Kier alpha value is -1.75. The number of hydrogen-bond donors (Lipinski definition) is 3. The monoisotopic (exact) mass is 279 g/mol. The number of nitrogens with zero attached hydrogens (tertiary/aromatic N) is 1. The van der Waals surface area contributed by atoms with Gasteiger partial charge in [-0.2, -0.15) is 0 Å². The van der Waals surface area contributed by atoms with Gasteiger partial charge in [-0.05, 0) is 38.5 Å². The molecule has 0 bridgehead atoms. The lowest BCUT2D eigenvalue weighted by Crippen LogP contribution is -2.39. The molecule has 5 heteroatoms. The first-order chi connectivity index (χ1) is 9.56. The fourth-order valence-electron chi connectivity index (χ4n) is 1.74. The maximum Gasteiger partial charge on any atom is 0.191 e. The molecule has 112 valence electrons. The summed E-state index contributed by atoms with van der Waals surface area (Å²) in [4.78, 5) is 4.05. The third kappa shape index (κ3) is 5.48. The zero-order valence-electron chi connectivity index (χ0n) is 12.7. The third-order valence-electron chi connectivity index (χ3n) is 2.67. The Balaban J connectivity index is 2.53. The van der Waals surface area contributed by atoms with Crippen LogP contribution in [0, 0.1) is 0 Å². The fourth-order valence-corrected chi connectivity index (χ4v) is 1.74. The van der Waals surface area contributed by atoms with Crippen molar-refractivity contribution in [2.24, 2.45) is 4.99 Å². The van der Waals surface area contributed by atoms with Gasteiger partial charge in [0, 0.05) is 20.1 Å². The molecule has 0 aliphatic rings. The van der Waals surface area contributed by atoms with Crippen LogP contribution in [0.5, 0.6) is 5.75 Å². The molecule has 0 aromatic heterocycles. The minimum atomic E-state index is -0.585. The summed E-state index contributed by atoms with van der Waals surface area (Å²) in [5, 5.41) is 16.3. The van der Waals surface area contributed by atoms with Crippen LogP contribution in [0.15, 0.2) is 29.3 Å². The van der Waals surface area contributed by atoms with Crippen molar-refractivity contribution in [3.8, 4) is 5.75 Å². The molecule has 1 rings (SSSR count). The summed E-state index contributed by atoms with van der Waals surface area (Å²) in [5.74, 6) is 1.50. The van der Waals surface area contributed by atoms with Gasteiger partial charge in [-0.15, -0.1) is 0 Å². The average molecular weight is 279 g/mol. The number of rotatable bonds is 6. The van der Waals surface area contributed by atoms with E-state index in [1.807, 2.05) is 45.0 Å². The van der Waals surface area contributed by atoms with Crippen molar-refractivity contribution >= 4 is 5.96 Å². The predicted molar refractivity (Wildman–Crippen MR) is 82.2 cm³/mol. The molecule has 0 saturated carbocycles. The molecule has 0 spiro atoms. The van der Waals surface area contributed by atoms with Gasteiger partial charge in [-0.1, -0.05) is 12.1 Å². The number of guanidine groups is 1. The zero-order chi connectivity index (χ0) is 15.0. The molecule has 0 radical (unpaired) electrons. The van der Waals surface area contributed by atoms with Gasteiger partial charge < -0.3 is 20.5 Å². The Kier molecular flexibility index (Phi) is 6.87. The van der Waals surface area contributed by atoms with Crippen LogP contribution in [0.2, 0.25) is 0 Å². The minimum absolute atomic E-state index is 0.149. The lowest BCUT2D eigenvalue weighted by atomic mass is 10.1. The molecule has 0 aliphatic carbocycles. The van der Waals surface area contributed by atoms with Gasteiger partial charge in [-0.3, -0.25) is 4.99 Å². The minimum Gasteiger partial charge on any atom is -0.491 e. The zero-order valence-corrected chi connectivity index (χ0v) is 12.7. The molecule has 0 amide bonds. The average Bonchev–Trinajstić information content (AvgIpc) is 2.43. The van der Waals surface area contributed by atoms with E-state index in [0.29, 0.717) is 12.5 Å². The van der Waals surface area contributed by atoms with E-state index in [2.05, 4.69) is 15.6 Å². The smallest absolute Gasteiger partial charge is 0.191 e. The van der Waals surface area contributed by atoms with Crippen LogP contribution >= 0.6 is 0 Å². The number of aliphatic hydroxyl groups excluding tert-OH is 1. The number of ether oxygens (including phenoxy) is 1. The summed E-state index contributed by atoms with van der Waals surface area (Å²) in [6.07, 6.45) is -0.436. The fraction of sp³-hybridized carbons (Fsp3) is 0.533. The van der Waals surface area contributed by atoms with E-state index in [4.69, 9.17) is 4.74 Å². The Morgan fingerprint density at radius 1 is 1.25 bits per heavy atom. The third-order valence-corrected chi connectivity index (χ3v) is 2.67. The van der Waals surface area contributed by atoms with E-state index in [-0.39, 0.29) is 6.10 Å². The summed E-state index contributed by atoms with van der Waals surface area (Å²) in [7, 11) is 1.70.